The third kappa shape index (κ3) is 2.14. The van der Waals surface area contributed by atoms with Crippen LogP contribution in [0.1, 0.15) is 5.56 Å². The van der Waals surface area contributed by atoms with E-state index in [-0.39, 0.29) is 5.82 Å². The summed E-state index contributed by atoms with van der Waals surface area (Å²) in [5.41, 5.74) is 8.38. The molecule has 0 aliphatic heterocycles. The normalized spacial score (nSPS) is 10.1. The number of halogens is 1. The number of rotatable bonds is 2. The van der Waals surface area contributed by atoms with Crippen molar-refractivity contribution in [1.82, 2.24) is 0 Å². The predicted octanol–water partition coefficient (Wildman–Crippen LogP) is 3.46. The average Bonchev–Trinajstić information content (AvgIpc) is 2.24. The molecule has 2 rings (SSSR count). The van der Waals surface area contributed by atoms with Gasteiger partial charge in [-0.25, -0.2) is 4.39 Å². The number of hydrogen-bond acceptors (Lipinski definition) is 2. The maximum atomic E-state index is 13.5. The number of nitrogens with one attached hydrogen (secondary N) is 1. The Labute approximate surface area is 93.9 Å². The first-order valence-corrected chi connectivity index (χ1v) is 5.04. The van der Waals surface area contributed by atoms with Crippen molar-refractivity contribution in [2.24, 2.45) is 0 Å². The number of anilines is 3. The molecule has 0 spiro atoms. The fourth-order valence-electron chi connectivity index (χ4n) is 1.54. The van der Waals surface area contributed by atoms with Crippen LogP contribution in [0, 0.1) is 12.7 Å². The van der Waals surface area contributed by atoms with Crippen molar-refractivity contribution in [3.05, 3.63) is 53.8 Å². The van der Waals surface area contributed by atoms with Crippen molar-refractivity contribution >= 4 is 17.1 Å². The summed E-state index contributed by atoms with van der Waals surface area (Å²) in [6.07, 6.45) is 0. The molecule has 82 valence electrons. The summed E-state index contributed by atoms with van der Waals surface area (Å²) in [4.78, 5) is 0. The minimum Gasteiger partial charge on any atom is -0.397 e. The van der Waals surface area contributed by atoms with Gasteiger partial charge in [-0.2, -0.15) is 0 Å². The van der Waals surface area contributed by atoms with Crippen LogP contribution in [0.25, 0.3) is 0 Å². The zero-order valence-corrected chi connectivity index (χ0v) is 9.00. The van der Waals surface area contributed by atoms with Gasteiger partial charge in [0.05, 0.1) is 11.4 Å². The monoisotopic (exact) mass is 216 g/mol. The topological polar surface area (TPSA) is 38.0 Å². The molecule has 0 bridgehead atoms. The molecule has 0 radical (unpaired) electrons. The minimum atomic E-state index is -0.346. The molecule has 2 aromatic rings. The van der Waals surface area contributed by atoms with Crippen LogP contribution in [0.15, 0.2) is 42.5 Å². The molecule has 0 aliphatic carbocycles. The Morgan fingerprint density at radius 1 is 1.12 bits per heavy atom. The van der Waals surface area contributed by atoms with Gasteiger partial charge in [0.2, 0.25) is 0 Å². The summed E-state index contributed by atoms with van der Waals surface area (Å²) in [6, 6.07) is 12.3. The molecule has 0 saturated carbocycles. The largest absolute Gasteiger partial charge is 0.397 e. The molecule has 0 aliphatic rings. The van der Waals surface area contributed by atoms with Gasteiger partial charge >= 0.3 is 0 Å². The molecular formula is C13H13FN2. The van der Waals surface area contributed by atoms with Crippen molar-refractivity contribution in [2.75, 3.05) is 11.1 Å². The summed E-state index contributed by atoms with van der Waals surface area (Å²) in [7, 11) is 0. The van der Waals surface area contributed by atoms with E-state index in [4.69, 9.17) is 5.73 Å². The Kier molecular flexibility index (Phi) is 2.77. The zero-order chi connectivity index (χ0) is 11.5. The maximum Gasteiger partial charge on any atom is 0.148 e. The maximum absolute atomic E-state index is 13.5. The second-order valence-corrected chi connectivity index (χ2v) is 3.70. The fraction of sp³-hybridized carbons (Fsp3) is 0.0769. The molecule has 0 aromatic heterocycles. The van der Waals surface area contributed by atoms with E-state index < -0.39 is 0 Å². The Morgan fingerprint density at radius 2 is 1.88 bits per heavy atom. The highest BCUT2D eigenvalue weighted by atomic mass is 19.1. The van der Waals surface area contributed by atoms with Gasteiger partial charge in [-0.1, -0.05) is 18.2 Å². The summed E-state index contributed by atoms with van der Waals surface area (Å²) < 4.78 is 13.5. The third-order valence-electron chi connectivity index (χ3n) is 2.33. The molecule has 0 atom stereocenters. The Morgan fingerprint density at radius 3 is 2.56 bits per heavy atom. The van der Waals surface area contributed by atoms with Gasteiger partial charge in [-0.05, 0) is 36.8 Å². The summed E-state index contributed by atoms with van der Waals surface area (Å²) >= 11 is 0. The van der Waals surface area contributed by atoms with Gasteiger partial charge in [0.25, 0.3) is 0 Å². The smallest absolute Gasteiger partial charge is 0.148 e. The highest BCUT2D eigenvalue weighted by Gasteiger charge is 2.05. The number of aryl methyl sites for hydroxylation is 1. The quantitative estimate of drug-likeness (QED) is 0.754. The third-order valence-corrected chi connectivity index (χ3v) is 2.33. The first-order chi connectivity index (χ1) is 7.66. The Bertz CT molecular complexity index is 489. The lowest BCUT2D eigenvalue weighted by atomic mass is 10.2. The Balaban J connectivity index is 2.34. The number of nitrogens with two attached hydrogens (primary N) is 1. The van der Waals surface area contributed by atoms with E-state index in [0.29, 0.717) is 11.4 Å². The second-order valence-electron chi connectivity index (χ2n) is 3.70. The minimum absolute atomic E-state index is 0.327. The molecule has 0 unspecified atom stereocenters. The van der Waals surface area contributed by atoms with Gasteiger partial charge in [0.1, 0.15) is 5.82 Å². The Hall–Kier alpha value is -2.03. The van der Waals surface area contributed by atoms with Crippen LogP contribution < -0.4 is 11.1 Å². The van der Waals surface area contributed by atoms with E-state index in [0.717, 1.165) is 11.3 Å². The van der Waals surface area contributed by atoms with E-state index in [2.05, 4.69) is 5.32 Å². The highest BCUT2D eigenvalue weighted by Crippen LogP contribution is 2.26. The van der Waals surface area contributed by atoms with Crippen molar-refractivity contribution in [3.8, 4) is 0 Å². The molecule has 2 nitrogen and oxygen atoms in total. The van der Waals surface area contributed by atoms with Crippen LogP contribution in [0.2, 0.25) is 0 Å². The fourth-order valence-corrected chi connectivity index (χ4v) is 1.54. The van der Waals surface area contributed by atoms with E-state index in [9.17, 15) is 4.39 Å². The van der Waals surface area contributed by atoms with Crippen LogP contribution in [-0.4, -0.2) is 0 Å². The number of benzene rings is 2. The van der Waals surface area contributed by atoms with Gasteiger partial charge in [-0.15, -0.1) is 0 Å². The van der Waals surface area contributed by atoms with Crippen LogP contribution in [-0.2, 0) is 0 Å². The summed E-state index contributed by atoms with van der Waals surface area (Å²) in [6.45, 7) is 1.98. The average molecular weight is 216 g/mol. The van der Waals surface area contributed by atoms with Crippen LogP contribution in [0.5, 0.6) is 0 Å². The van der Waals surface area contributed by atoms with Gasteiger partial charge in [-0.3, -0.25) is 0 Å². The molecular weight excluding hydrogens is 203 g/mol. The standard InChI is InChI=1S/C13H13FN2/c1-9-4-2-5-10(8-9)16-13-11(14)6-3-7-12(13)15/h2-8,16H,15H2,1H3. The SMILES string of the molecule is Cc1cccc(Nc2c(N)cccc2F)c1. The van der Waals surface area contributed by atoms with Crippen LogP contribution in [0.3, 0.4) is 0 Å². The highest BCUT2D eigenvalue weighted by molar-refractivity contribution is 5.73. The first-order valence-electron chi connectivity index (χ1n) is 5.04. The van der Waals surface area contributed by atoms with Crippen molar-refractivity contribution in [2.45, 2.75) is 6.92 Å². The molecule has 16 heavy (non-hydrogen) atoms. The molecule has 0 amide bonds. The summed E-state index contributed by atoms with van der Waals surface area (Å²) in [5.74, 6) is -0.346. The number of nitrogen functional groups attached to an aromatic ring is 1. The lowest BCUT2D eigenvalue weighted by Crippen LogP contribution is -1.99. The molecule has 3 heteroatoms. The van der Waals surface area contributed by atoms with E-state index >= 15 is 0 Å². The summed E-state index contributed by atoms with van der Waals surface area (Å²) in [5, 5.41) is 2.98. The van der Waals surface area contributed by atoms with E-state index in [1.807, 2.05) is 31.2 Å². The zero-order valence-electron chi connectivity index (χ0n) is 9.00. The molecule has 0 saturated heterocycles. The molecule has 0 fully saturated rings. The lowest BCUT2D eigenvalue weighted by molar-refractivity contribution is 0.632. The number of para-hydroxylation sites is 1. The molecule has 0 heterocycles. The number of hydrogen-bond donors (Lipinski definition) is 2. The lowest BCUT2D eigenvalue weighted by Gasteiger charge is -2.10. The molecule has 2 aromatic carbocycles. The van der Waals surface area contributed by atoms with Crippen molar-refractivity contribution in [3.63, 3.8) is 0 Å². The van der Waals surface area contributed by atoms with Crippen LogP contribution in [0.4, 0.5) is 21.5 Å². The van der Waals surface area contributed by atoms with Gasteiger partial charge in [0, 0.05) is 5.69 Å². The van der Waals surface area contributed by atoms with Crippen molar-refractivity contribution in [1.29, 1.82) is 0 Å². The van der Waals surface area contributed by atoms with Gasteiger partial charge in [0.15, 0.2) is 0 Å². The van der Waals surface area contributed by atoms with E-state index in [1.165, 1.54) is 6.07 Å². The second kappa shape index (κ2) is 4.23. The van der Waals surface area contributed by atoms with Crippen molar-refractivity contribution < 1.29 is 4.39 Å². The van der Waals surface area contributed by atoms with Gasteiger partial charge < -0.3 is 11.1 Å². The van der Waals surface area contributed by atoms with Crippen LogP contribution >= 0.6 is 0 Å². The van der Waals surface area contributed by atoms with E-state index in [1.54, 1.807) is 12.1 Å². The molecule has 3 N–H and O–H groups in total. The first kappa shape index (κ1) is 10.5. The predicted molar refractivity (Wildman–Crippen MR) is 65.3 cm³/mol.